The molecule has 2 heterocycles. The van der Waals surface area contributed by atoms with Crippen LogP contribution in [0.1, 0.15) is 94.9 Å². The molecule has 5 nitrogen and oxygen atoms in total. The van der Waals surface area contributed by atoms with E-state index in [0.717, 1.165) is 25.7 Å². The molecule has 0 unspecified atom stereocenters. The number of hydrogen-bond acceptors (Lipinski definition) is 3. The Labute approximate surface area is 189 Å². The number of rotatable bonds is 4. The summed E-state index contributed by atoms with van der Waals surface area (Å²) in [4.78, 5) is 28.4. The molecule has 2 rings (SSSR count). The van der Waals surface area contributed by atoms with Gasteiger partial charge in [-0.15, -0.1) is 0 Å². The average molecular weight is 433 g/mol. The number of amides is 2. The standard InChI is InChI=1S/C26H44N2O3/c1-19(29)27-23(3,4)15-21(16-24(27,5)6)11-13-31-14-12-22-17-25(7,8)28(20(2)30)26(9,10)18-22/h11-14,21-22H,15-18H2,1-10H3. The summed E-state index contributed by atoms with van der Waals surface area (Å²) in [6.45, 7) is 20.5. The molecule has 0 aromatic rings. The number of allylic oxidation sites excluding steroid dienone is 2. The highest BCUT2D eigenvalue weighted by Crippen LogP contribution is 2.43. The Bertz CT molecular complexity index is 648. The fourth-order valence-electron chi connectivity index (χ4n) is 7.05. The van der Waals surface area contributed by atoms with Gasteiger partial charge in [-0.2, -0.15) is 0 Å². The van der Waals surface area contributed by atoms with E-state index >= 15 is 0 Å². The predicted octanol–water partition coefficient (Wildman–Crippen LogP) is 5.66. The van der Waals surface area contributed by atoms with Crippen molar-refractivity contribution in [2.24, 2.45) is 11.8 Å². The molecule has 0 radical (unpaired) electrons. The van der Waals surface area contributed by atoms with Crippen LogP contribution in [0.2, 0.25) is 0 Å². The maximum atomic E-state index is 12.2. The van der Waals surface area contributed by atoms with Gasteiger partial charge in [0, 0.05) is 36.0 Å². The number of carbonyl (C=O) groups is 2. The van der Waals surface area contributed by atoms with E-state index in [9.17, 15) is 9.59 Å². The van der Waals surface area contributed by atoms with Crippen LogP contribution in [-0.2, 0) is 14.3 Å². The fourth-order valence-corrected chi connectivity index (χ4v) is 7.05. The molecule has 31 heavy (non-hydrogen) atoms. The Morgan fingerprint density at radius 2 is 0.903 bits per heavy atom. The molecule has 0 atom stereocenters. The van der Waals surface area contributed by atoms with Gasteiger partial charge < -0.3 is 14.5 Å². The first kappa shape index (κ1) is 25.5. The third kappa shape index (κ3) is 5.72. The molecule has 0 aliphatic carbocycles. The van der Waals surface area contributed by atoms with Crippen LogP contribution >= 0.6 is 0 Å². The predicted molar refractivity (Wildman–Crippen MR) is 126 cm³/mol. The van der Waals surface area contributed by atoms with Crippen molar-refractivity contribution in [1.29, 1.82) is 0 Å². The molecule has 0 aromatic carbocycles. The molecule has 2 aliphatic rings. The zero-order chi connectivity index (χ0) is 23.8. The van der Waals surface area contributed by atoms with Crippen molar-refractivity contribution in [3.05, 3.63) is 24.7 Å². The maximum absolute atomic E-state index is 12.2. The van der Waals surface area contributed by atoms with Crippen LogP contribution < -0.4 is 0 Å². The van der Waals surface area contributed by atoms with Crippen molar-refractivity contribution >= 4 is 11.8 Å². The first-order valence-corrected chi connectivity index (χ1v) is 11.6. The highest BCUT2D eigenvalue weighted by Gasteiger charge is 2.47. The SMILES string of the molecule is CC(=O)N1C(C)(C)CC(C=COC=CC2CC(C)(C)N(C(C)=O)C(C)(C)C2)CC1(C)C. The second-order valence-electron chi connectivity index (χ2n) is 12.1. The number of likely N-dealkylation sites (tertiary alicyclic amines) is 2. The third-order valence-electron chi connectivity index (χ3n) is 6.96. The van der Waals surface area contributed by atoms with Crippen LogP contribution in [-0.4, -0.2) is 43.8 Å². The minimum absolute atomic E-state index is 0.137. The molecule has 0 bridgehead atoms. The van der Waals surface area contributed by atoms with E-state index in [1.165, 1.54) is 0 Å². The summed E-state index contributed by atoms with van der Waals surface area (Å²) in [7, 11) is 0. The van der Waals surface area contributed by atoms with Gasteiger partial charge in [0.15, 0.2) is 0 Å². The lowest BCUT2D eigenvalue weighted by atomic mass is 9.73. The third-order valence-corrected chi connectivity index (χ3v) is 6.96. The van der Waals surface area contributed by atoms with E-state index in [2.05, 4.69) is 67.5 Å². The molecule has 2 aliphatic heterocycles. The summed E-state index contributed by atoms with van der Waals surface area (Å²) in [5.74, 6) is 1.01. The van der Waals surface area contributed by atoms with E-state index < -0.39 is 0 Å². The average Bonchev–Trinajstić information content (AvgIpc) is 2.48. The molecule has 2 amide bonds. The topological polar surface area (TPSA) is 49.9 Å². The molecule has 176 valence electrons. The van der Waals surface area contributed by atoms with Gasteiger partial charge in [-0.3, -0.25) is 9.59 Å². The van der Waals surface area contributed by atoms with Gasteiger partial charge in [-0.25, -0.2) is 0 Å². The molecule has 0 aromatic heterocycles. The molecular weight excluding hydrogens is 388 g/mol. The van der Waals surface area contributed by atoms with Crippen LogP contribution in [0.25, 0.3) is 0 Å². The van der Waals surface area contributed by atoms with Crippen LogP contribution in [0, 0.1) is 11.8 Å². The van der Waals surface area contributed by atoms with Gasteiger partial charge in [0.05, 0.1) is 12.5 Å². The number of piperidine rings is 2. The Morgan fingerprint density at radius 3 is 1.13 bits per heavy atom. The summed E-state index contributed by atoms with van der Waals surface area (Å²) >= 11 is 0. The highest BCUT2D eigenvalue weighted by atomic mass is 16.5. The lowest BCUT2D eigenvalue weighted by Crippen LogP contribution is -2.62. The first-order chi connectivity index (χ1) is 14.0. The number of carbonyl (C=O) groups excluding carboxylic acids is 2. The van der Waals surface area contributed by atoms with Gasteiger partial charge in [-0.05, 0) is 105 Å². The number of nitrogens with zero attached hydrogens (tertiary/aromatic N) is 2. The van der Waals surface area contributed by atoms with Crippen molar-refractivity contribution in [2.45, 2.75) is 117 Å². The van der Waals surface area contributed by atoms with Crippen LogP contribution in [0.15, 0.2) is 24.7 Å². The quantitative estimate of drug-likeness (QED) is 0.539. The zero-order valence-electron chi connectivity index (χ0n) is 21.4. The fraction of sp³-hybridized carbons (Fsp3) is 0.769. The minimum atomic E-state index is -0.180. The van der Waals surface area contributed by atoms with E-state index in [4.69, 9.17) is 4.74 Å². The van der Waals surface area contributed by atoms with Gasteiger partial charge in [0.25, 0.3) is 0 Å². The molecule has 0 N–H and O–H groups in total. The largest absolute Gasteiger partial charge is 0.473 e. The van der Waals surface area contributed by atoms with Crippen LogP contribution in [0.3, 0.4) is 0 Å². The van der Waals surface area contributed by atoms with Crippen molar-refractivity contribution in [1.82, 2.24) is 9.80 Å². The monoisotopic (exact) mass is 432 g/mol. The molecule has 0 spiro atoms. The van der Waals surface area contributed by atoms with E-state index in [1.807, 2.05) is 9.80 Å². The molecule has 2 saturated heterocycles. The highest BCUT2D eigenvalue weighted by molar-refractivity contribution is 5.75. The summed E-state index contributed by atoms with van der Waals surface area (Å²) in [5.41, 5.74) is -0.721. The second kappa shape index (κ2) is 8.63. The molecule has 0 saturated carbocycles. The summed E-state index contributed by atoms with van der Waals surface area (Å²) in [6.07, 6.45) is 11.5. The number of ether oxygens (including phenoxy) is 1. The van der Waals surface area contributed by atoms with Crippen molar-refractivity contribution in [3.63, 3.8) is 0 Å². The van der Waals surface area contributed by atoms with Crippen molar-refractivity contribution in [2.75, 3.05) is 0 Å². The van der Waals surface area contributed by atoms with Crippen LogP contribution in [0.4, 0.5) is 0 Å². The lowest BCUT2D eigenvalue weighted by Gasteiger charge is -2.54. The first-order valence-electron chi connectivity index (χ1n) is 11.6. The molecular formula is C26H44N2O3. The lowest BCUT2D eigenvalue weighted by molar-refractivity contribution is -0.149. The van der Waals surface area contributed by atoms with Gasteiger partial charge in [-0.1, -0.05) is 0 Å². The number of hydrogen-bond donors (Lipinski definition) is 0. The van der Waals surface area contributed by atoms with Crippen LogP contribution in [0.5, 0.6) is 0 Å². The molecule has 5 heteroatoms. The Hall–Kier alpha value is -1.78. The summed E-state index contributed by atoms with van der Waals surface area (Å²) in [5, 5.41) is 0. The van der Waals surface area contributed by atoms with Crippen molar-refractivity contribution < 1.29 is 14.3 Å². The Kier molecular flexibility index (Phi) is 7.09. The van der Waals surface area contributed by atoms with E-state index in [1.54, 1.807) is 26.4 Å². The normalized spacial score (nSPS) is 25.9. The Balaban J connectivity index is 1.98. The maximum Gasteiger partial charge on any atom is 0.220 e. The second-order valence-corrected chi connectivity index (χ2v) is 12.1. The molecule has 2 fully saturated rings. The van der Waals surface area contributed by atoms with Gasteiger partial charge in [0.2, 0.25) is 11.8 Å². The van der Waals surface area contributed by atoms with Crippen molar-refractivity contribution in [3.8, 4) is 0 Å². The summed E-state index contributed by atoms with van der Waals surface area (Å²) < 4.78 is 5.74. The van der Waals surface area contributed by atoms with Gasteiger partial charge in [0.1, 0.15) is 0 Å². The minimum Gasteiger partial charge on any atom is -0.473 e. The van der Waals surface area contributed by atoms with E-state index in [-0.39, 0.29) is 34.0 Å². The van der Waals surface area contributed by atoms with Gasteiger partial charge >= 0.3 is 0 Å². The Morgan fingerprint density at radius 1 is 0.645 bits per heavy atom. The van der Waals surface area contributed by atoms with E-state index in [0.29, 0.717) is 11.8 Å². The smallest absolute Gasteiger partial charge is 0.220 e. The zero-order valence-corrected chi connectivity index (χ0v) is 21.4. The summed E-state index contributed by atoms with van der Waals surface area (Å²) in [6, 6.07) is 0.